The van der Waals surface area contributed by atoms with Gasteiger partial charge in [0.15, 0.2) is 0 Å². The summed E-state index contributed by atoms with van der Waals surface area (Å²) in [7, 11) is 0. The van der Waals surface area contributed by atoms with Crippen LogP contribution in [0.5, 0.6) is 0 Å². The molecule has 2 fully saturated rings. The third-order valence-electron chi connectivity index (χ3n) is 4.84. The predicted molar refractivity (Wildman–Crippen MR) is 98.8 cm³/mol. The summed E-state index contributed by atoms with van der Waals surface area (Å²) < 4.78 is 0. The molecule has 2 aliphatic rings. The monoisotopic (exact) mass is 364 g/mol. The topological polar surface area (TPSA) is 73.5 Å². The minimum absolute atomic E-state index is 0.0482. The molecule has 0 bridgehead atoms. The zero-order chi connectivity index (χ0) is 17.6. The molecule has 2 aliphatic heterocycles. The normalized spacial score (nSPS) is 23.3. The molecular weight excluding hydrogens is 340 g/mol. The SMILES string of the molecule is O=C(NCC1CCCN(C(=O)Nc2ccc(Cl)cc2)C1)C1CCCN1. The van der Waals surface area contributed by atoms with Crippen LogP contribution in [0.4, 0.5) is 10.5 Å². The van der Waals surface area contributed by atoms with Gasteiger partial charge >= 0.3 is 6.03 Å². The first-order chi connectivity index (χ1) is 12.1. The van der Waals surface area contributed by atoms with Gasteiger partial charge < -0.3 is 20.9 Å². The van der Waals surface area contributed by atoms with Crippen molar-refractivity contribution in [1.29, 1.82) is 0 Å². The van der Waals surface area contributed by atoms with Crippen molar-refractivity contribution in [2.75, 3.05) is 31.5 Å². The Kier molecular flexibility index (Phi) is 6.15. The van der Waals surface area contributed by atoms with Crippen LogP contribution in [0.2, 0.25) is 5.02 Å². The number of piperidine rings is 1. The van der Waals surface area contributed by atoms with Crippen LogP contribution in [0.15, 0.2) is 24.3 Å². The molecule has 136 valence electrons. The number of halogens is 1. The fourth-order valence-electron chi connectivity index (χ4n) is 3.43. The lowest BCUT2D eigenvalue weighted by Gasteiger charge is -2.33. The van der Waals surface area contributed by atoms with E-state index >= 15 is 0 Å². The second kappa shape index (κ2) is 8.54. The Morgan fingerprint density at radius 1 is 1.20 bits per heavy atom. The number of hydrogen-bond acceptors (Lipinski definition) is 3. The molecule has 3 N–H and O–H groups in total. The first-order valence-corrected chi connectivity index (χ1v) is 9.32. The van der Waals surface area contributed by atoms with Gasteiger partial charge in [-0.25, -0.2) is 4.79 Å². The van der Waals surface area contributed by atoms with Crippen LogP contribution in [0, 0.1) is 5.92 Å². The molecular formula is C18H25ClN4O2. The van der Waals surface area contributed by atoms with Gasteiger partial charge in [-0.05, 0) is 62.4 Å². The fourth-order valence-corrected chi connectivity index (χ4v) is 3.55. The molecule has 3 rings (SSSR count). The number of amides is 3. The summed E-state index contributed by atoms with van der Waals surface area (Å²) in [5.41, 5.74) is 0.733. The highest BCUT2D eigenvalue weighted by molar-refractivity contribution is 6.30. The zero-order valence-corrected chi connectivity index (χ0v) is 15.0. The quantitative estimate of drug-likeness (QED) is 0.768. The summed E-state index contributed by atoms with van der Waals surface area (Å²) in [4.78, 5) is 26.3. The number of urea groups is 1. The van der Waals surface area contributed by atoms with Crippen molar-refractivity contribution in [1.82, 2.24) is 15.5 Å². The molecule has 1 aromatic rings. The lowest BCUT2D eigenvalue weighted by molar-refractivity contribution is -0.123. The van der Waals surface area contributed by atoms with Crippen LogP contribution >= 0.6 is 11.6 Å². The highest BCUT2D eigenvalue weighted by Crippen LogP contribution is 2.18. The molecule has 1 aromatic carbocycles. The van der Waals surface area contributed by atoms with Gasteiger partial charge in [0.2, 0.25) is 5.91 Å². The van der Waals surface area contributed by atoms with Crippen molar-refractivity contribution in [3.8, 4) is 0 Å². The Labute approximate surface area is 153 Å². The van der Waals surface area contributed by atoms with E-state index in [1.54, 1.807) is 24.3 Å². The van der Waals surface area contributed by atoms with Crippen molar-refractivity contribution in [2.24, 2.45) is 5.92 Å². The van der Waals surface area contributed by atoms with Gasteiger partial charge in [0.05, 0.1) is 6.04 Å². The summed E-state index contributed by atoms with van der Waals surface area (Å²) in [5, 5.41) is 9.78. The number of carbonyl (C=O) groups is 2. The average Bonchev–Trinajstić information content (AvgIpc) is 3.16. The van der Waals surface area contributed by atoms with E-state index in [1.165, 1.54) is 0 Å². The first kappa shape index (κ1) is 18.0. The second-order valence-corrected chi connectivity index (χ2v) is 7.22. The first-order valence-electron chi connectivity index (χ1n) is 8.94. The number of rotatable bonds is 4. The molecule has 0 aliphatic carbocycles. The lowest BCUT2D eigenvalue weighted by Crippen LogP contribution is -2.47. The van der Waals surface area contributed by atoms with Gasteiger partial charge in [-0.15, -0.1) is 0 Å². The van der Waals surface area contributed by atoms with Crippen LogP contribution in [0.3, 0.4) is 0 Å². The molecule has 2 atom stereocenters. The molecule has 0 radical (unpaired) electrons. The lowest BCUT2D eigenvalue weighted by atomic mass is 9.98. The van der Waals surface area contributed by atoms with E-state index in [-0.39, 0.29) is 18.0 Å². The smallest absolute Gasteiger partial charge is 0.321 e. The highest BCUT2D eigenvalue weighted by Gasteiger charge is 2.26. The molecule has 3 amide bonds. The van der Waals surface area contributed by atoms with Crippen molar-refractivity contribution < 1.29 is 9.59 Å². The Morgan fingerprint density at radius 3 is 2.72 bits per heavy atom. The summed E-state index contributed by atoms with van der Waals surface area (Å²) >= 11 is 5.86. The van der Waals surface area contributed by atoms with Gasteiger partial charge in [0, 0.05) is 30.3 Å². The number of benzene rings is 1. The molecule has 7 heteroatoms. The largest absolute Gasteiger partial charge is 0.354 e. The summed E-state index contributed by atoms with van der Waals surface area (Å²) in [6, 6.07) is 6.93. The van der Waals surface area contributed by atoms with Crippen LogP contribution in [-0.2, 0) is 4.79 Å². The van der Waals surface area contributed by atoms with E-state index in [9.17, 15) is 9.59 Å². The van der Waals surface area contributed by atoms with E-state index in [1.807, 2.05) is 4.90 Å². The van der Waals surface area contributed by atoms with Crippen molar-refractivity contribution >= 4 is 29.2 Å². The number of anilines is 1. The minimum Gasteiger partial charge on any atom is -0.354 e. The van der Waals surface area contributed by atoms with E-state index in [2.05, 4.69) is 16.0 Å². The molecule has 2 heterocycles. The molecule has 0 aromatic heterocycles. The van der Waals surface area contributed by atoms with Gasteiger partial charge in [0.1, 0.15) is 0 Å². The summed E-state index contributed by atoms with van der Waals surface area (Å²) in [6.45, 7) is 2.95. The van der Waals surface area contributed by atoms with Crippen LogP contribution in [-0.4, -0.2) is 49.1 Å². The Bertz CT molecular complexity index is 602. The van der Waals surface area contributed by atoms with E-state index < -0.39 is 0 Å². The third kappa shape index (κ3) is 5.09. The average molecular weight is 365 g/mol. The maximum Gasteiger partial charge on any atom is 0.321 e. The minimum atomic E-state index is -0.101. The maximum atomic E-state index is 12.4. The van der Waals surface area contributed by atoms with Crippen LogP contribution in [0.25, 0.3) is 0 Å². The number of carbonyl (C=O) groups excluding carboxylic acids is 2. The molecule has 2 unspecified atom stereocenters. The zero-order valence-electron chi connectivity index (χ0n) is 14.3. The van der Waals surface area contributed by atoms with E-state index in [0.29, 0.717) is 24.0 Å². The Balaban J connectivity index is 1.46. The standard InChI is InChI=1S/C18H25ClN4O2/c19-14-5-7-15(8-6-14)22-18(25)23-10-2-3-13(12-23)11-21-17(24)16-4-1-9-20-16/h5-8,13,16,20H,1-4,9-12H2,(H,21,24)(H,22,25). The third-order valence-corrected chi connectivity index (χ3v) is 5.10. The summed E-state index contributed by atoms with van der Waals surface area (Å²) in [5.74, 6) is 0.385. The Hall–Kier alpha value is -1.79. The number of likely N-dealkylation sites (tertiary alicyclic amines) is 1. The van der Waals surface area contributed by atoms with Crippen LogP contribution < -0.4 is 16.0 Å². The Morgan fingerprint density at radius 2 is 2.00 bits per heavy atom. The highest BCUT2D eigenvalue weighted by atomic mass is 35.5. The van der Waals surface area contributed by atoms with Crippen LogP contribution in [0.1, 0.15) is 25.7 Å². The maximum absolute atomic E-state index is 12.4. The van der Waals surface area contributed by atoms with Gasteiger partial charge in [0.25, 0.3) is 0 Å². The van der Waals surface area contributed by atoms with Crippen molar-refractivity contribution in [3.63, 3.8) is 0 Å². The second-order valence-electron chi connectivity index (χ2n) is 6.79. The number of hydrogen-bond donors (Lipinski definition) is 3. The van der Waals surface area contributed by atoms with Crippen molar-refractivity contribution in [2.45, 2.75) is 31.7 Å². The van der Waals surface area contributed by atoms with Gasteiger partial charge in [-0.3, -0.25) is 4.79 Å². The van der Waals surface area contributed by atoms with Gasteiger partial charge in [-0.2, -0.15) is 0 Å². The predicted octanol–water partition coefficient (Wildman–Crippen LogP) is 2.45. The van der Waals surface area contributed by atoms with Gasteiger partial charge in [-0.1, -0.05) is 11.6 Å². The van der Waals surface area contributed by atoms with E-state index in [4.69, 9.17) is 11.6 Å². The fraction of sp³-hybridized carbons (Fsp3) is 0.556. The number of nitrogens with zero attached hydrogens (tertiary/aromatic N) is 1. The summed E-state index contributed by atoms with van der Waals surface area (Å²) in [6.07, 6.45) is 3.95. The van der Waals surface area contributed by atoms with Crippen molar-refractivity contribution in [3.05, 3.63) is 29.3 Å². The molecule has 25 heavy (non-hydrogen) atoms. The molecule has 2 saturated heterocycles. The molecule has 0 spiro atoms. The molecule has 0 saturated carbocycles. The van der Waals surface area contributed by atoms with E-state index in [0.717, 1.165) is 44.5 Å². The molecule has 6 nitrogen and oxygen atoms in total. The number of nitrogens with one attached hydrogen (secondary N) is 3.